The van der Waals surface area contributed by atoms with Crippen molar-refractivity contribution in [3.05, 3.63) is 32.3 Å². The number of hydrogen-bond acceptors (Lipinski definition) is 4. The van der Waals surface area contributed by atoms with Gasteiger partial charge in [0.15, 0.2) is 0 Å². The zero-order chi connectivity index (χ0) is 15.3. The van der Waals surface area contributed by atoms with Gasteiger partial charge in [-0.1, -0.05) is 36.2 Å². The van der Waals surface area contributed by atoms with E-state index in [1.54, 1.807) is 13.0 Å². The fourth-order valence-electron chi connectivity index (χ4n) is 2.00. The van der Waals surface area contributed by atoms with Gasteiger partial charge in [-0.05, 0) is 25.3 Å². The zero-order valence-corrected chi connectivity index (χ0v) is 13.5. The molecule has 5 nitrogen and oxygen atoms in total. The average Bonchev–Trinajstić information content (AvgIpc) is 2.36. The van der Waals surface area contributed by atoms with Crippen LogP contribution in [-0.4, -0.2) is 16.6 Å². The van der Waals surface area contributed by atoms with Gasteiger partial charge in [-0.25, -0.2) is 0 Å². The molecule has 1 unspecified atom stereocenters. The topological polar surface area (TPSA) is 72.6 Å². The molecule has 0 fully saturated rings. The standard InChI is InChI=1S/C14H20BrNO4/c1-4-5-9(2)8-20-14-12(10(3)17)6-11(15)7-13(14)16(18)19/h6-7,9-10,17H,4-5,8H2,1-3H3/t9?,10-/m1/s1. The molecule has 0 aliphatic heterocycles. The number of halogens is 1. The number of hydrogen-bond donors (Lipinski definition) is 1. The highest BCUT2D eigenvalue weighted by Crippen LogP contribution is 2.38. The van der Waals surface area contributed by atoms with Gasteiger partial charge in [-0.15, -0.1) is 0 Å². The van der Waals surface area contributed by atoms with E-state index in [1.807, 2.05) is 6.92 Å². The molecule has 1 rings (SSSR count). The van der Waals surface area contributed by atoms with Gasteiger partial charge in [0.25, 0.3) is 0 Å². The summed E-state index contributed by atoms with van der Waals surface area (Å²) in [5.74, 6) is 0.473. The Morgan fingerprint density at radius 3 is 2.60 bits per heavy atom. The van der Waals surface area contributed by atoms with Crippen molar-refractivity contribution >= 4 is 21.6 Å². The van der Waals surface area contributed by atoms with Gasteiger partial charge in [-0.3, -0.25) is 10.1 Å². The zero-order valence-electron chi connectivity index (χ0n) is 11.9. The van der Waals surface area contributed by atoms with Crippen LogP contribution in [0.1, 0.15) is 45.3 Å². The predicted octanol–water partition coefficient (Wildman–Crippen LogP) is 4.23. The second-order valence-electron chi connectivity index (χ2n) is 4.98. The highest BCUT2D eigenvalue weighted by molar-refractivity contribution is 9.10. The summed E-state index contributed by atoms with van der Waals surface area (Å²) in [7, 11) is 0. The monoisotopic (exact) mass is 345 g/mol. The Labute approximate surface area is 127 Å². The molecule has 1 aromatic carbocycles. The lowest BCUT2D eigenvalue weighted by Crippen LogP contribution is -2.11. The van der Waals surface area contributed by atoms with Gasteiger partial charge in [0.2, 0.25) is 5.75 Å². The second kappa shape index (κ2) is 7.59. The Hall–Kier alpha value is -1.14. The van der Waals surface area contributed by atoms with Crippen LogP contribution in [0.4, 0.5) is 5.69 Å². The SMILES string of the molecule is CCCC(C)COc1c([C@@H](C)O)cc(Br)cc1[N+](=O)[O-]. The molecular weight excluding hydrogens is 326 g/mol. The van der Waals surface area contributed by atoms with E-state index in [1.165, 1.54) is 6.07 Å². The van der Waals surface area contributed by atoms with Gasteiger partial charge in [0.05, 0.1) is 17.6 Å². The highest BCUT2D eigenvalue weighted by atomic mass is 79.9. The molecule has 0 radical (unpaired) electrons. The summed E-state index contributed by atoms with van der Waals surface area (Å²) < 4.78 is 6.19. The number of nitro benzene ring substituents is 1. The van der Waals surface area contributed by atoms with Crippen LogP contribution in [0.5, 0.6) is 5.75 Å². The van der Waals surface area contributed by atoms with Crippen LogP contribution >= 0.6 is 15.9 Å². The van der Waals surface area contributed by atoms with E-state index < -0.39 is 11.0 Å². The third kappa shape index (κ3) is 4.45. The Morgan fingerprint density at radius 2 is 2.10 bits per heavy atom. The Bertz CT molecular complexity index is 476. The molecule has 0 aromatic heterocycles. The van der Waals surface area contributed by atoms with E-state index in [0.717, 1.165) is 12.8 Å². The summed E-state index contributed by atoms with van der Waals surface area (Å²) in [4.78, 5) is 10.7. The molecule has 20 heavy (non-hydrogen) atoms. The van der Waals surface area contributed by atoms with Crippen LogP contribution < -0.4 is 4.74 Å². The summed E-state index contributed by atoms with van der Waals surface area (Å²) in [5, 5.41) is 20.9. The highest BCUT2D eigenvalue weighted by Gasteiger charge is 2.23. The largest absolute Gasteiger partial charge is 0.486 e. The van der Waals surface area contributed by atoms with Gasteiger partial charge in [0, 0.05) is 16.1 Å². The van der Waals surface area contributed by atoms with E-state index in [-0.39, 0.29) is 11.4 Å². The fraction of sp³-hybridized carbons (Fsp3) is 0.571. The predicted molar refractivity (Wildman–Crippen MR) is 81.0 cm³/mol. The molecule has 0 aliphatic rings. The van der Waals surface area contributed by atoms with Crippen molar-refractivity contribution < 1.29 is 14.8 Å². The maximum Gasteiger partial charge on any atom is 0.312 e. The van der Waals surface area contributed by atoms with Crippen LogP contribution in [0.15, 0.2) is 16.6 Å². The Morgan fingerprint density at radius 1 is 1.45 bits per heavy atom. The molecule has 0 bridgehead atoms. The molecule has 0 saturated heterocycles. The first-order chi connectivity index (χ1) is 9.36. The molecule has 1 aromatic rings. The molecule has 112 valence electrons. The molecule has 0 aliphatic carbocycles. The van der Waals surface area contributed by atoms with Crippen LogP contribution in [0.3, 0.4) is 0 Å². The summed E-state index contributed by atoms with van der Waals surface area (Å²) in [6.45, 7) is 6.08. The van der Waals surface area contributed by atoms with Crippen molar-refractivity contribution in [1.29, 1.82) is 0 Å². The quantitative estimate of drug-likeness (QED) is 0.592. The number of nitrogens with zero attached hydrogens (tertiary/aromatic N) is 1. The molecule has 0 spiro atoms. The average molecular weight is 346 g/mol. The smallest absolute Gasteiger partial charge is 0.312 e. The summed E-state index contributed by atoms with van der Waals surface area (Å²) in [5.41, 5.74) is 0.300. The molecule has 0 amide bonds. The first-order valence-corrected chi connectivity index (χ1v) is 7.44. The number of rotatable bonds is 7. The van der Waals surface area contributed by atoms with Crippen molar-refractivity contribution in [3.8, 4) is 5.75 Å². The second-order valence-corrected chi connectivity index (χ2v) is 5.90. The van der Waals surface area contributed by atoms with E-state index in [0.29, 0.717) is 22.6 Å². The molecule has 2 atom stereocenters. The van der Waals surface area contributed by atoms with Crippen LogP contribution in [0.2, 0.25) is 0 Å². The van der Waals surface area contributed by atoms with Gasteiger partial charge >= 0.3 is 5.69 Å². The fourth-order valence-corrected chi connectivity index (χ4v) is 2.47. The van der Waals surface area contributed by atoms with Crippen molar-refractivity contribution in [1.82, 2.24) is 0 Å². The normalized spacial score (nSPS) is 13.8. The Balaban J connectivity index is 3.10. The third-order valence-electron chi connectivity index (χ3n) is 3.00. The summed E-state index contributed by atoms with van der Waals surface area (Å²) in [6.07, 6.45) is 1.20. The van der Waals surface area contributed by atoms with Gasteiger partial charge in [-0.2, -0.15) is 0 Å². The van der Waals surface area contributed by atoms with Gasteiger partial charge in [0.1, 0.15) is 0 Å². The lowest BCUT2D eigenvalue weighted by atomic mass is 10.1. The van der Waals surface area contributed by atoms with E-state index in [2.05, 4.69) is 22.9 Å². The minimum Gasteiger partial charge on any atom is -0.486 e. The van der Waals surface area contributed by atoms with Crippen molar-refractivity contribution in [2.45, 2.75) is 39.7 Å². The van der Waals surface area contributed by atoms with Gasteiger partial charge < -0.3 is 9.84 Å². The minimum atomic E-state index is -0.831. The molecule has 0 heterocycles. The Kier molecular flexibility index (Phi) is 6.42. The lowest BCUT2D eigenvalue weighted by Gasteiger charge is -2.17. The van der Waals surface area contributed by atoms with E-state index >= 15 is 0 Å². The lowest BCUT2D eigenvalue weighted by molar-refractivity contribution is -0.386. The summed E-state index contributed by atoms with van der Waals surface area (Å²) in [6, 6.07) is 3.04. The minimum absolute atomic E-state index is 0.126. The number of aliphatic hydroxyl groups excluding tert-OH is 1. The molecule has 6 heteroatoms. The van der Waals surface area contributed by atoms with Crippen molar-refractivity contribution in [2.24, 2.45) is 5.92 Å². The summed E-state index contributed by atoms with van der Waals surface area (Å²) >= 11 is 3.22. The van der Waals surface area contributed by atoms with E-state index in [4.69, 9.17) is 4.74 Å². The van der Waals surface area contributed by atoms with E-state index in [9.17, 15) is 15.2 Å². The number of ether oxygens (including phenoxy) is 1. The molecule has 0 saturated carbocycles. The maximum absolute atomic E-state index is 11.1. The van der Waals surface area contributed by atoms with Crippen LogP contribution in [0.25, 0.3) is 0 Å². The number of aliphatic hydroxyl groups is 1. The first-order valence-electron chi connectivity index (χ1n) is 6.65. The van der Waals surface area contributed by atoms with Crippen LogP contribution in [0, 0.1) is 16.0 Å². The van der Waals surface area contributed by atoms with Crippen molar-refractivity contribution in [3.63, 3.8) is 0 Å². The first kappa shape index (κ1) is 16.9. The van der Waals surface area contributed by atoms with Crippen LogP contribution in [-0.2, 0) is 0 Å². The van der Waals surface area contributed by atoms with Crippen molar-refractivity contribution in [2.75, 3.05) is 6.61 Å². The molecular formula is C14H20BrNO4. The third-order valence-corrected chi connectivity index (χ3v) is 3.46. The number of benzene rings is 1. The maximum atomic E-state index is 11.1. The molecule has 1 N–H and O–H groups in total. The number of nitro groups is 1.